The molecule has 0 aliphatic rings. The molecule has 136 valence electrons. The van der Waals surface area contributed by atoms with Gasteiger partial charge < -0.3 is 20.5 Å². The van der Waals surface area contributed by atoms with E-state index in [1.165, 1.54) is 0 Å². The van der Waals surface area contributed by atoms with Gasteiger partial charge in [-0.25, -0.2) is 4.98 Å². The number of unbranched alkanes of at least 4 members (excludes halogenated alkanes) is 1. The van der Waals surface area contributed by atoms with Gasteiger partial charge in [0.2, 0.25) is 0 Å². The molecule has 3 N–H and O–H groups in total. The van der Waals surface area contributed by atoms with Gasteiger partial charge in [-0.05, 0) is 37.1 Å². The summed E-state index contributed by atoms with van der Waals surface area (Å²) in [5.41, 5.74) is 8.42. The fraction of sp³-hybridized carbons (Fsp3) is 0.300. The van der Waals surface area contributed by atoms with Crippen LogP contribution in [-0.4, -0.2) is 24.6 Å². The number of methoxy groups -OCH3 is 1. The van der Waals surface area contributed by atoms with Gasteiger partial charge in [-0.2, -0.15) is 0 Å². The van der Waals surface area contributed by atoms with Crippen LogP contribution >= 0.6 is 0 Å². The molecule has 0 saturated heterocycles. The zero-order chi connectivity index (χ0) is 18.9. The van der Waals surface area contributed by atoms with E-state index in [2.05, 4.69) is 16.2 Å². The number of amides is 1. The second-order valence-electron chi connectivity index (χ2n) is 5.76. The summed E-state index contributed by atoms with van der Waals surface area (Å²) in [6.45, 7) is 2.73. The van der Waals surface area contributed by atoms with Crippen molar-refractivity contribution < 1.29 is 14.3 Å². The highest BCUT2D eigenvalue weighted by Gasteiger charge is 2.14. The van der Waals surface area contributed by atoms with E-state index in [0.717, 1.165) is 12.0 Å². The third-order valence-corrected chi connectivity index (χ3v) is 3.70. The van der Waals surface area contributed by atoms with Crippen LogP contribution in [0.5, 0.6) is 5.75 Å². The molecule has 1 heterocycles. The summed E-state index contributed by atoms with van der Waals surface area (Å²) in [7, 11) is 1.58. The third kappa shape index (κ3) is 5.23. The number of carbonyl (C=O) groups is 1. The maximum atomic E-state index is 12.5. The molecule has 1 amide bonds. The quantitative estimate of drug-likeness (QED) is 0.562. The minimum Gasteiger partial charge on any atom is -0.493 e. The van der Waals surface area contributed by atoms with E-state index in [1.807, 2.05) is 13.0 Å². The topological polar surface area (TPSA) is 86.5 Å². The number of pyridine rings is 1. The minimum atomic E-state index is -0.327. The Hall–Kier alpha value is -3.04. The number of ether oxygens (including phenoxy) is 2. The first-order valence-electron chi connectivity index (χ1n) is 8.27. The highest BCUT2D eigenvalue weighted by molar-refractivity contribution is 6.07. The molecule has 2 rings (SSSR count). The van der Waals surface area contributed by atoms with Gasteiger partial charge in [-0.15, -0.1) is 12.3 Å². The molecule has 6 nitrogen and oxygen atoms in total. The summed E-state index contributed by atoms with van der Waals surface area (Å²) in [5, 5.41) is 2.82. The Morgan fingerprint density at radius 3 is 2.92 bits per heavy atom. The largest absolute Gasteiger partial charge is 0.493 e. The average molecular weight is 353 g/mol. The van der Waals surface area contributed by atoms with E-state index in [0.29, 0.717) is 42.3 Å². The average Bonchev–Trinajstić information content (AvgIpc) is 2.62. The summed E-state index contributed by atoms with van der Waals surface area (Å²) < 4.78 is 10.7. The Labute approximate surface area is 153 Å². The predicted octanol–water partition coefficient (Wildman–Crippen LogP) is 3.16. The third-order valence-electron chi connectivity index (χ3n) is 3.70. The lowest BCUT2D eigenvalue weighted by molar-refractivity contribution is 0.102. The predicted molar refractivity (Wildman–Crippen MR) is 102 cm³/mol. The molecule has 0 spiro atoms. The van der Waals surface area contributed by atoms with Crippen LogP contribution in [0.3, 0.4) is 0 Å². The first kappa shape index (κ1) is 19.3. The molecule has 0 atom stereocenters. The van der Waals surface area contributed by atoms with Crippen molar-refractivity contribution in [3.63, 3.8) is 0 Å². The number of carbonyl (C=O) groups excluding carboxylic acids is 1. The molecule has 1 aromatic carbocycles. The maximum Gasteiger partial charge on any atom is 0.259 e. The summed E-state index contributed by atoms with van der Waals surface area (Å²) in [4.78, 5) is 16.8. The van der Waals surface area contributed by atoms with Gasteiger partial charge in [0, 0.05) is 25.3 Å². The van der Waals surface area contributed by atoms with Gasteiger partial charge in [-0.3, -0.25) is 4.79 Å². The smallest absolute Gasteiger partial charge is 0.259 e. The van der Waals surface area contributed by atoms with E-state index in [9.17, 15) is 4.79 Å². The Balaban J connectivity index is 2.08. The van der Waals surface area contributed by atoms with Crippen molar-refractivity contribution in [3.8, 4) is 18.1 Å². The van der Waals surface area contributed by atoms with Crippen LogP contribution in [0.1, 0.15) is 34.5 Å². The van der Waals surface area contributed by atoms with Crippen molar-refractivity contribution in [1.29, 1.82) is 0 Å². The van der Waals surface area contributed by atoms with E-state index >= 15 is 0 Å². The fourth-order valence-electron chi connectivity index (χ4n) is 2.36. The van der Waals surface area contributed by atoms with Crippen LogP contribution in [0.2, 0.25) is 0 Å². The van der Waals surface area contributed by atoms with Crippen molar-refractivity contribution in [2.24, 2.45) is 0 Å². The summed E-state index contributed by atoms with van der Waals surface area (Å²) >= 11 is 0. The lowest BCUT2D eigenvalue weighted by atomic mass is 10.1. The number of aromatic nitrogens is 1. The number of aryl methyl sites for hydroxylation is 1. The molecule has 0 saturated carbocycles. The van der Waals surface area contributed by atoms with Gasteiger partial charge >= 0.3 is 0 Å². The van der Waals surface area contributed by atoms with Crippen molar-refractivity contribution in [2.75, 3.05) is 24.8 Å². The number of hydrogen-bond acceptors (Lipinski definition) is 5. The first-order valence-corrected chi connectivity index (χ1v) is 8.27. The van der Waals surface area contributed by atoms with Crippen molar-refractivity contribution in [1.82, 2.24) is 4.98 Å². The lowest BCUT2D eigenvalue weighted by Crippen LogP contribution is -2.16. The van der Waals surface area contributed by atoms with Crippen molar-refractivity contribution in [2.45, 2.75) is 26.4 Å². The summed E-state index contributed by atoms with van der Waals surface area (Å²) in [6, 6.07) is 8.88. The molecule has 0 unspecified atom stereocenters. The molecule has 0 bridgehead atoms. The van der Waals surface area contributed by atoms with Gasteiger partial charge in [0.25, 0.3) is 5.91 Å². The summed E-state index contributed by atoms with van der Waals surface area (Å²) in [6.07, 6.45) is 6.66. The molecule has 2 aromatic rings. The molecular weight excluding hydrogens is 330 g/mol. The lowest BCUT2D eigenvalue weighted by Gasteiger charge is -2.12. The van der Waals surface area contributed by atoms with Crippen LogP contribution in [0, 0.1) is 19.3 Å². The number of hydrogen-bond donors (Lipinski definition) is 2. The molecule has 0 aliphatic carbocycles. The van der Waals surface area contributed by atoms with Crippen LogP contribution in [0.4, 0.5) is 11.5 Å². The Morgan fingerprint density at radius 1 is 1.38 bits per heavy atom. The van der Waals surface area contributed by atoms with E-state index in [-0.39, 0.29) is 11.7 Å². The van der Waals surface area contributed by atoms with Crippen LogP contribution < -0.4 is 15.8 Å². The van der Waals surface area contributed by atoms with Crippen molar-refractivity contribution in [3.05, 3.63) is 47.2 Å². The standard InChI is InChI=1S/C20H23N3O3/c1-4-5-6-10-26-16-9-7-8-15(12-16)22-20(24)17-11-14(2)18(13-25-3)23-19(17)21/h1,7-9,11-12H,5-6,10,13H2,2-3H3,(H2,21,23)(H,22,24). The Kier molecular flexibility index (Phi) is 7.01. The Bertz CT molecular complexity index is 812. The first-order chi connectivity index (χ1) is 12.5. The van der Waals surface area contributed by atoms with Gasteiger partial charge in [0.15, 0.2) is 0 Å². The number of terminal acetylenes is 1. The number of rotatable bonds is 8. The van der Waals surface area contributed by atoms with E-state index in [1.54, 1.807) is 31.4 Å². The Morgan fingerprint density at radius 2 is 2.19 bits per heavy atom. The van der Waals surface area contributed by atoms with Gasteiger partial charge in [0.05, 0.1) is 24.5 Å². The SMILES string of the molecule is C#CCCCOc1cccc(NC(=O)c2cc(C)c(COC)nc2N)c1. The normalized spacial score (nSPS) is 10.2. The van der Waals surface area contributed by atoms with E-state index in [4.69, 9.17) is 21.6 Å². The van der Waals surface area contributed by atoms with Crippen LogP contribution in [0.15, 0.2) is 30.3 Å². The molecular formula is C20H23N3O3. The monoisotopic (exact) mass is 353 g/mol. The molecule has 26 heavy (non-hydrogen) atoms. The van der Waals surface area contributed by atoms with E-state index < -0.39 is 0 Å². The summed E-state index contributed by atoms with van der Waals surface area (Å²) in [5.74, 6) is 3.07. The number of anilines is 2. The maximum absolute atomic E-state index is 12.5. The fourth-order valence-corrected chi connectivity index (χ4v) is 2.36. The van der Waals surface area contributed by atoms with Crippen LogP contribution in [0.25, 0.3) is 0 Å². The molecule has 0 aliphatic heterocycles. The number of nitrogens with zero attached hydrogens (tertiary/aromatic N) is 1. The second kappa shape index (κ2) is 9.44. The number of nitrogens with one attached hydrogen (secondary N) is 1. The number of nitrogens with two attached hydrogens (primary N) is 1. The zero-order valence-corrected chi connectivity index (χ0v) is 15.0. The molecule has 1 aromatic heterocycles. The molecule has 0 fully saturated rings. The molecule has 6 heteroatoms. The molecule has 0 radical (unpaired) electrons. The minimum absolute atomic E-state index is 0.168. The van der Waals surface area contributed by atoms with Crippen molar-refractivity contribution >= 4 is 17.4 Å². The highest BCUT2D eigenvalue weighted by Crippen LogP contribution is 2.21. The van der Waals surface area contributed by atoms with Gasteiger partial charge in [-0.1, -0.05) is 6.07 Å². The van der Waals surface area contributed by atoms with Crippen LogP contribution in [-0.2, 0) is 11.3 Å². The number of nitrogen functional groups attached to an aromatic ring is 1. The zero-order valence-electron chi connectivity index (χ0n) is 15.0. The second-order valence-corrected chi connectivity index (χ2v) is 5.76. The van der Waals surface area contributed by atoms with Gasteiger partial charge in [0.1, 0.15) is 11.6 Å². The highest BCUT2D eigenvalue weighted by atomic mass is 16.5. The number of benzene rings is 1.